The minimum absolute atomic E-state index is 0.721. The number of hydrogen-bond acceptors (Lipinski definition) is 2. The highest BCUT2D eigenvalue weighted by Crippen LogP contribution is 2.48. The fourth-order valence-corrected chi connectivity index (χ4v) is 4.74. The molecule has 7 rings (SSSR count). The lowest BCUT2D eigenvalue weighted by Crippen LogP contribution is -1.88. The zero-order valence-electron chi connectivity index (χ0n) is 14.4. The molecule has 0 amide bonds. The van der Waals surface area contributed by atoms with Crippen LogP contribution in [0.2, 0.25) is 0 Å². The maximum Gasteiger partial charge on any atom is 0.227 e. The van der Waals surface area contributed by atoms with Gasteiger partial charge in [0.25, 0.3) is 0 Å². The zero-order chi connectivity index (χ0) is 17.5. The first-order chi connectivity index (χ1) is 13.4. The van der Waals surface area contributed by atoms with Crippen LogP contribution in [-0.4, -0.2) is 4.98 Å². The molecular formula is C25H13NO. The Balaban J connectivity index is 1.87. The number of pyridine rings is 1. The zero-order valence-corrected chi connectivity index (χ0v) is 14.4. The lowest BCUT2D eigenvalue weighted by Gasteiger charge is -2.14. The van der Waals surface area contributed by atoms with E-state index in [0.717, 1.165) is 22.2 Å². The van der Waals surface area contributed by atoms with Gasteiger partial charge in [-0.1, -0.05) is 60.7 Å². The summed E-state index contributed by atoms with van der Waals surface area (Å²) in [7, 11) is 0. The van der Waals surface area contributed by atoms with E-state index in [9.17, 15) is 0 Å². The van der Waals surface area contributed by atoms with E-state index in [0.29, 0.717) is 0 Å². The second-order valence-corrected chi connectivity index (χ2v) is 7.20. The average Bonchev–Trinajstić information content (AvgIpc) is 3.13. The Morgan fingerprint density at radius 2 is 1.48 bits per heavy atom. The van der Waals surface area contributed by atoms with Gasteiger partial charge < -0.3 is 4.42 Å². The van der Waals surface area contributed by atoms with Crippen molar-refractivity contribution in [1.29, 1.82) is 0 Å². The monoisotopic (exact) mass is 343 g/mol. The van der Waals surface area contributed by atoms with Crippen LogP contribution < -0.4 is 0 Å². The predicted octanol–water partition coefficient (Wildman–Crippen LogP) is 6.98. The van der Waals surface area contributed by atoms with E-state index in [1.54, 1.807) is 0 Å². The smallest absolute Gasteiger partial charge is 0.227 e. The molecule has 0 bridgehead atoms. The molecule has 0 spiro atoms. The minimum Gasteiger partial charge on any atom is -0.437 e. The normalized spacial score (nSPS) is 12.4. The Bertz CT molecular complexity index is 1610. The van der Waals surface area contributed by atoms with E-state index in [2.05, 4.69) is 71.7 Å². The molecule has 2 heteroatoms. The molecule has 0 aliphatic rings. The SMILES string of the molecule is c1ccc(-c2cc3ccc4cccc5c6ccnc7oc2c(c76)c3c45)cc1. The van der Waals surface area contributed by atoms with Gasteiger partial charge in [-0.2, -0.15) is 0 Å². The van der Waals surface area contributed by atoms with Crippen molar-refractivity contribution in [2.24, 2.45) is 0 Å². The molecule has 0 aliphatic heterocycles. The second kappa shape index (κ2) is 4.54. The Morgan fingerprint density at radius 3 is 2.41 bits per heavy atom. The highest BCUT2D eigenvalue weighted by Gasteiger charge is 2.23. The molecule has 0 N–H and O–H groups in total. The van der Waals surface area contributed by atoms with E-state index in [1.165, 1.54) is 43.3 Å². The van der Waals surface area contributed by atoms with Gasteiger partial charge in [0.2, 0.25) is 5.71 Å². The highest BCUT2D eigenvalue weighted by atomic mass is 16.3. The maximum atomic E-state index is 6.35. The lowest BCUT2D eigenvalue weighted by atomic mass is 9.88. The van der Waals surface area contributed by atoms with Crippen molar-refractivity contribution < 1.29 is 4.42 Å². The summed E-state index contributed by atoms with van der Waals surface area (Å²) in [6.45, 7) is 0. The largest absolute Gasteiger partial charge is 0.437 e. The van der Waals surface area contributed by atoms with Crippen molar-refractivity contribution >= 4 is 54.4 Å². The van der Waals surface area contributed by atoms with Crippen molar-refractivity contribution in [2.75, 3.05) is 0 Å². The molecule has 2 aromatic heterocycles. The number of rotatable bonds is 1. The van der Waals surface area contributed by atoms with Gasteiger partial charge in [0.05, 0.1) is 5.39 Å². The van der Waals surface area contributed by atoms with Gasteiger partial charge in [0.1, 0.15) is 5.58 Å². The van der Waals surface area contributed by atoms with Crippen molar-refractivity contribution in [1.82, 2.24) is 4.98 Å². The molecule has 124 valence electrons. The lowest BCUT2D eigenvalue weighted by molar-refractivity contribution is 0.655. The van der Waals surface area contributed by atoms with Crippen LogP contribution in [0.25, 0.3) is 65.5 Å². The van der Waals surface area contributed by atoms with Crippen LogP contribution in [0.5, 0.6) is 0 Å². The summed E-state index contributed by atoms with van der Waals surface area (Å²) in [6, 6.07) is 25.8. The van der Waals surface area contributed by atoms with Gasteiger partial charge in [-0.15, -0.1) is 0 Å². The van der Waals surface area contributed by atoms with Gasteiger partial charge in [0, 0.05) is 22.5 Å². The fraction of sp³-hybridized carbons (Fsp3) is 0. The molecule has 5 aromatic carbocycles. The first kappa shape index (κ1) is 13.5. The number of aromatic nitrogens is 1. The summed E-state index contributed by atoms with van der Waals surface area (Å²) in [5.74, 6) is 0. The molecule has 0 saturated heterocycles. The third-order valence-electron chi connectivity index (χ3n) is 5.84. The highest BCUT2D eigenvalue weighted by molar-refractivity contribution is 6.40. The molecule has 27 heavy (non-hydrogen) atoms. The van der Waals surface area contributed by atoms with E-state index < -0.39 is 0 Å². The molecule has 2 heterocycles. The molecule has 0 radical (unpaired) electrons. The molecule has 0 aliphatic carbocycles. The Labute approximate surface area is 154 Å². The quantitative estimate of drug-likeness (QED) is 0.237. The third kappa shape index (κ3) is 1.55. The van der Waals surface area contributed by atoms with Gasteiger partial charge in [-0.05, 0) is 44.6 Å². The minimum atomic E-state index is 0.721. The van der Waals surface area contributed by atoms with Crippen LogP contribution in [0, 0.1) is 0 Å². The maximum absolute atomic E-state index is 6.35. The van der Waals surface area contributed by atoms with Crippen LogP contribution in [0.3, 0.4) is 0 Å². The van der Waals surface area contributed by atoms with Gasteiger partial charge in [0.15, 0.2) is 0 Å². The van der Waals surface area contributed by atoms with E-state index in [-0.39, 0.29) is 0 Å². The van der Waals surface area contributed by atoms with Crippen molar-refractivity contribution in [3.8, 4) is 11.1 Å². The summed E-state index contributed by atoms with van der Waals surface area (Å²) in [4.78, 5) is 4.55. The number of fused-ring (bicyclic) bond motifs is 1. The van der Waals surface area contributed by atoms with Crippen molar-refractivity contribution in [2.45, 2.75) is 0 Å². The number of nitrogens with zero attached hydrogens (tertiary/aromatic N) is 1. The molecule has 0 atom stereocenters. The standard InChI is InChI=1S/C25H13NO/c1-2-5-14(6-3-1)19-13-16-10-9-15-7-4-8-17-18-11-12-26-25-22(18)23(24(19)27-25)21(16)20(15)17/h1-13H. The molecule has 2 nitrogen and oxygen atoms in total. The number of furan rings is 1. The van der Waals surface area contributed by atoms with Gasteiger partial charge in [-0.3, -0.25) is 0 Å². The molecule has 0 fully saturated rings. The van der Waals surface area contributed by atoms with E-state index in [4.69, 9.17) is 4.42 Å². The Kier molecular flexibility index (Phi) is 2.28. The Hall–Kier alpha value is -3.65. The predicted molar refractivity (Wildman–Crippen MR) is 112 cm³/mol. The van der Waals surface area contributed by atoms with Crippen molar-refractivity contribution in [3.05, 3.63) is 79.0 Å². The van der Waals surface area contributed by atoms with Crippen LogP contribution in [0.15, 0.2) is 83.4 Å². The first-order valence-electron chi connectivity index (χ1n) is 9.15. The molecule has 7 aromatic rings. The molecule has 0 saturated carbocycles. The third-order valence-corrected chi connectivity index (χ3v) is 5.84. The number of benzene rings is 5. The van der Waals surface area contributed by atoms with Crippen LogP contribution in [0.4, 0.5) is 0 Å². The average molecular weight is 343 g/mol. The summed E-state index contributed by atoms with van der Waals surface area (Å²) >= 11 is 0. The van der Waals surface area contributed by atoms with E-state index >= 15 is 0 Å². The summed E-state index contributed by atoms with van der Waals surface area (Å²) < 4.78 is 6.35. The van der Waals surface area contributed by atoms with Gasteiger partial charge >= 0.3 is 0 Å². The number of hydrogen-bond donors (Lipinski definition) is 0. The topological polar surface area (TPSA) is 26.0 Å². The summed E-state index contributed by atoms with van der Waals surface area (Å²) in [5, 5.41) is 9.96. The molecule has 0 unspecified atom stereocenters. The second-order valence-electron chi connectivity index (χ2n) is 7.20. The summed E-state index contributed by atoms with van der Waals surface area (Å²) in [5.41, 5.74) is 3.95. The van der Waals surface area contributed by atoms with E-state index in [1.807, 2.05) is 12.3 Å². The molecular weight excluding hydrogens is 330 g/mol. The van der Waals surface area contributed by atoms with Crippen LogP contribution >= 0.6 is 0 Å². The van der Waals surface area contributed by atoms with Crippen molar-refractivity contribution in [3.63, 3.8) is 0 Å². The first-order valence-corrected chi connectivity index (χ1v) is 9.15. The Morgan fingerprint density at radius 1 is 0.630 bits per heavy atom. The fourth-order valence-electron chi connectivity index (χ4n) is 4.74. The van der Waals surface area contributed by atoms with Crippen LogP contribution in [-0.2, 0) is 0 Å². The van der Waals surface area contributed by atoms with Gasteiger partial charge in [-0.25, -0.2) is 4.98 Å². The van der Waals surface area contributed by atoms with Crippen LogP contribution in [0.1, 0.15) is 0 Å². The summed E-state index contributed by atoms with van der Waals surface area (Å²) in [6.07, 6.45) is 1.85.